The Kier molecular flexibility index (Phi) is 5.77. The Balaban J connectivity index is 1.54. The Hall–Kier alpha value is -3.25. The highest BCUT2D eigenvalue weighted by molar-refractivity contribution is 6.31. The van der Waals surface area contributed by atoms with Crippen LogP contribution in [0.4, 0.5) is 0 Å². The molecule has 2 aromatic heterocycles. The van der Waals surface area contributed by atoms with E-state index in [1.807, 2.05) is 72.5 Å². The summed E-state index contributed by atoms with van der Waals surface area (Å²) in [7, 11) is 3.54. The molecule has 2 heterocycles. The lowest BCUT2D eigenvalue weighted by Gasteiger charge is -2.21. The molecule has 154 valence electrons. The highest BCUT2D eigenvalue weighted by atomic mass is 35.5. The molecule has 0 aliphatic rings. The van der Waals surface area contributed by atoms with Crippen LogP contribution in [-0.2, 0) is 18.4 Å². The molecule has 0 bridgehead atoms. The van der Waals surface area contributed by atoms with E-state index in [4.69, 9.17) is 16.3 Å². The quantitative estimate of drug-likeness (QED) is 0.482. The number of amides is 1. The van der Waals surface area contributed by atoms with Crippen molar-refractivity contribution in [3.05, 3.63) is 83.5 Å². The largest absolute Gasteiger partial charge is 0.496 e. The van der Waals surface area contributed by atoms with Crippen molar-refractivity contribution in [2.75, 3.05) is 7.11 Å². The number of ether oxygens (including phenoxy) is 1. The van der Waals surface area contributed by atoms with Crippen LogP contribution in [0.1, 0.15) is 23.9 Å². The molecular formula is C23H23ClN4O2. The summed E-state index contributed by atoms with van der Waals surface area (Å²) >= 11 is 6.07. The van der Waals surface area contributed by atoms with Crippen molar-refractivity contribution in [2.24, 2.45) is 7.05 Å². The molecule has 4 rings (SSSR count). The molecule has 30 heavy (non-hydrogen) atoms. The van der Waals surface area contributed by atoms with E-state index in [1.165, 1.54) is 0 Å². The monoisotopic (exact) mass is 422 g/mol. The Bertz CT molecular complexity index is 1180. The van der Waals surface area contributed by atoms with Crippen molar-refractivity contribution in [1.29, 1.82) is 0 Å². The Morgan fingerprint density at radius 2 is 2.03 bits per heavy atom. The molecule has 1 atom stereocenters. The van der Waals surface area contributed by atoms with Crippen LogP contribution in [0.2, 0.25) is 5.02 Å². The maximum absolute atomic E-state index is 12.9. The maximum Gasteiger partial charge on any atom is 0.222 e. The Morgan fingerprint density at radius 1 is 1.20 bits per heavy atom. The number of carbonyl (C=O) groups is 1. The number of benzene rings is 2. The van der Waals surface area contributed by atoms with E-state index in [9.17, 15) is 4.79 Å². The minimum Gasteiger partial charge on any atom is -0.496 e. The van der Waals surface area contributed by atoms with Gasteiger partial charge >= 0.3 is 0 Å². The minimum absolute atomic E-state index is 0.0651. The second-order valence-electron chi connectivity index (χ2n) is 7.10. The number of aromatic nitrogens is 3. The first-order valence-corrected chi connectivity index (χ1v) is 10.1. The molecule has 7 heteroatoms. The molecule has 0 saturated carbocycles. The summed E-state index contributed by atoms with van der Waals surface area (Å²) in [5.41, 5.74) is 1.92. The second-order valence-corrected chi connectivity index (χ2v) is 7.54. The van der Waals surface area contributed by atoms with Gasteiger partial charge in [0.1, 0.15) is 17.6 Å². The summed E-state index contributed by atoms with van der Waals surface area (Å²) in [4.78, 5) is 17.4. The SMILES string of the molecule is COc1ccccc1[C@H](NC(=O)CCn1ccc2cc(Cl)ccc21)c1nccn1C. The van der Waals surface area contributed by atoms with Crippen LogP contribution < -0.4 is 10.1 Å². The zero-order valence-electron chi connectivity index (χ0n) is 16.9. The summed E-state index contributed by atoms with van der Waals surface area (Å²) in [5, 5.41) is 4.89. The van der Waals surface area contributed by atoms with Crippen LogP contribution in [0, 0.1) is 0 Å². The third kappa shape index (κ3) is 4.04. The molecule has 1 amide bonds. The van der Waals surface area contributed by atoms with E-state index in [0.29, 0.717) is 23.7 Å². The molecule has 6 nitrogen and oxygen atoms in total. The summed E-state index contributed by atoms with van der Waals surface area (Å²) in [6.45, 7) is 0.566. The number of para-hydroxylation sites is 1. The number of methoxy groups -OCH3 is 1. The summed E-state index contributed by atoms with van der Waals surface area (Å²) in [6, 6.07) is 15.0. The molecular weight excluding hydrogens is 400 g/mol. The number of fused-ring (bicyclic) bond motifs is 1. The Morgan fingerprint density at radius 3 is 2.80 bits per heavy atom. The molecule has 1 N–H and O–H groups in total. The zero-order chi connectivity index (χ0) is 21.1. The molecule has 0 radical (unpaired) electrons. The van der Waals surface area contributed by atoms with Crippen molar-refractivity contribution in [3.63, 3.8) is 0 Å². The van der Waals surface area contributed by atoms with Crippen LogP contribution in [0.5, 0.6) is 5.75 Å². The van der Waals surface area contributed by atoms with Gasteiger partial charge in [-0.05, 0) is 30.3 Å². The highest BCUT2D eigenvalue weighted by Crippen LogP contribution is 2.29. The van der Waals surface area contributed by atoms with Gasteiger partial charge in [0.25, 0.3) is 0 Å². The molecule has 0 unspecified atom stereocenters. The first-order valence-electron chi connectivity index (χ1n) is 9.70. The first-order chi connectivity index (χ1) is 14.6. The van der Waals surface area contributed by atoms with Crippen molar-refractivity contribution < 1.29 is 9.53 Å². The highest BCUT2D eigenvalue weighted by Gasteiger charge is 2.23. The number of carbonyl (C=O) groups excluding carboxylic acids is 1. The molecule has 0 aliphatic heterocycles. The minimum atomic E-state index is -0.408. The fourth-order valence-corrected chi connectivity index (χ4v) is 3.84. The van der Waals surface area contributed by atoms with E-state index < -0.39 is 6.04 Å². The number of hydrogen-bond donors (Lipinski definition) is 1. The maximum atomic E-state index is 12.9. The fourth-order valence-electron chi connectivity index (χ4n) is 3.66. The van der Waals surface area contributed by atoms with E-state index in [-0.39, 0.29) is 5.91 Å². The van der Waals surface area contributed by atoms with Crippen molar-refractivity contribution in [1.82, 2.24) is 19.4 Å². The number of halogens is 1. The van der Waals surface area contributed by atoms with E-state index in [2.05, 4.69) is 14.9 Å². The number of rotatable bonds is 7. The van der Waals surface area contributed by atoms with Crippen LogP contribution in [0.25, 0.3) is 10.9 Å². The molecule has 0 spiro atoms. The predicted molar refractivity (Wildman–Crippen MR) is 118 cm³/mol. The van der Waals surface area contributed by atoms with Crippen LogP contribution >= 0.6 is 11.6 Å². The Labute approximate surface area is 180 Å². The second kappa shape index (κ2) is 8.63. The van der Waals surface area contributed by atoms with Gasteiger partial charge in [-0.3, -0.25) is 4.79 Å². The average Bonchev–Trinajstić information content (AvgIpc) is 3.36. The fraction of sp³-hybridized carbons (Fsp3) is 0.217. The van der Waals surface area contributed by atoms with Gasteiger partial charge in [0, 0.05) is 60.1 Å². The number of hydrogen-bond acceptors (Lipinski definition) is 3. The number of imidazole rings is 1. The van der Waals surface area contributed by atoms with Gasteiger partial charge in [-0.2, -0.15) is 0 Å². The standard InChI is InChI=1S/C23H23ClN4O2/c1-27-14-11-25-23(27)22(18-5-3-4-6-20(18)30-2)26-21(29)10-13-28-12-9-16-15-17(24)7-8-19(16)28/h3-9,11-12,14-15,22H,10,13H2,1-2H3,(H,26,29)/t22-/m0/s1. The zero-order valence-corrected chi connectivity index (χ0v) is 17.6. The van der Waals surface area contributed by atoms with Crippen molar-refractivity contribution in [2.45, 2.75) is 19.0 Å². The van der Waals surface area contributed by atoms with Crippen LogP contribution in [0.15, 0.2) is 67.1 Å². The van der Waals surface area contributed by atoms with E-state index >= 15 is 0 Å². The smallest absolute Gasteiger partial charge is 0.222 e. The summed E-state index contributed by atoms with van der Waals surface area (Å²) < 4.78 is 9.48. The summed E-state index contributed by atoms with van der Waals surface area (Å²) in [6.07, 6.45) is 5.90. The van der Waals surface area contributed by atoms with Gasteiger partial charge in [-0.1, -0.05) is 29.8 Å². The first kappa shape index (κ1) is 20.0. The van der Waals surface area contributed by atoms with Crippen molar-refractivity contribution in [3.8, 4) is 5.75 Å². The third-order valence-electron chi connectivity index (χ3n) is 5.18. The number of aryl methyl sites for hydroxylation is 2. The summed E-state index contributed by atoms with van der Waals surface area (Å²) in [5.74, 6) is 1.39. The van der Waals surface area contributed by atoms with Gasteiger partial charge in [-0.25, -0.2) is 4.98 Å². The van der Waals surface area contributed by atoms with Gasteiger partial charge in [-0.15, -0.1) is 0 Å². The lowest BCUT2D eigenvalue weighted by Crippen LogP contribution is -2.31. The van der Waals surface area contributed by atoms with Crippen LogP contribution in [0.3, 0.4) is 0 Å². The normalized spacial score (nSPS) is 12.1. The van der Waals surface area contributed by atoms with Gasteiger partial charge in [0.05, 0.1) is 7.11 Å². The predicted octanol–water partition coefficient (Wildman–Crippen LogP) is 4.33. The van der Waals surface area contributed by atoms with Gasteiger partial charge < -0.3 is 19.2 Å². The van der Waals surface area contributed by atoms with E-state index in [0.717, 1.165) is 22.3 Å². The van der Waals surface area contributed by atoms with Crippen LogP contribution in [-0.4, -0.2) is 27.1 Å². The van der Waals surface area contributed by atoms with Gasteiger partial charge in [0.15, 0.2) is 0 Å². The third-order valence-corrected chi connectivity index (χ3v) is 5.42. The van der Waals surface area contributed by atoms with Gasteiger partial charge in [0.2, 0.25) is 5.91 Å². The molecule has 4 aromatic rings. The molecule has 0 saturated heterocycles. The molecule has 0 aliphatic carbocycles. The molecule has 2 aromatic carbocycles. The number of nitrogens with zero attached hydrogens (tertiary/aromatic N) is 3. The number of nitrogens with one attached hydrogen (secondary N) is 1. The lowest BCUT2D eigenvalue weighted by atomic mass is 10.0. The van der Waals surface area contributed by atoms with Crippen molar-refractivity contribution >= 4 is 28.4 Å². The molecule has 0 fully saturated rings. The average molecular weight is 423 g/mol. The topological polar surface area (TPSA) is 61.1 Å². The lowest BCUT2D eigenvalue weighted by molar-refractivity contribution is -0.121. The van der Waals surface area contributed by atoms with E-state index in [1.54, 1.807) is 13.3 Å².